The molecule has 1 aromatic rings. The quantitative estimate of drug-likeness (QED) is 0.706. The Labute approximate surface area is 80.6 Å². The highest BCUT2D eigenvalue weighted by Crippen LogP contribution is 2.24. The molecule has 0 saturated heterocycles. The van der Waals surface area contributed by atoms with E-state index in [4.69, 9.17) is 0 Å². The zero-order valence-electron chi connectivity index (χ0n) is 8.86. The summed E-state index contributed by atoms with van der Waals surface area (Å²) in [6, 6.07) is 4.60. The molecule has 0 N–H and O–H groups in total. The fraction of sp³-hybridized carbons (Fsp3) is 0.545. The molecule has 2 nitrogen and oxygen atoms in total. The molecule has 13 heavy (non-hydrogen) atoms. The lowest BCUT2D eigenvalue weighted by atomic mass is 9.97. The van der Waals surface area contributed by atoms with Crippen LogP contribution < -0.4 is 0 Å². The van der Waals surface area contributed by atoms with E-state index in [1.54, 1.807) is 0 Å². The summed E-state index contributed by atoms with van der Waals surface area (Å²) < 4.78 is 0. The topological polar surface area (TPSA) is 16.1 Å². The summed E-state index contributed by atoms with van der Waals surface area (Å²) in [4.78, 5) is 6.38. The zero-order valence-corrected chi connectivity index (χ0v) is 8.86. The second kappa shape index (κ2) is 4.38. The van der Waals surface area contributed by atoms with Gasteiger partial charge in [-0.05, 0) is 31.6 Å². The Hall–Kier alpha value is -0.890. The highest BCUT2D eigenvalue weighted by atomic mass is 15.1. The molecule has 0 aromatic carbocycles. The highest BCUT2D eigenvalue weighted by molar-refractivity contribution is 5.14. The van der Waals surface area contributed by atoms with Gasteiger partial charge < -0.3 is 4.90 Å². The van der Waals surface area contributed by atoms with Gasteiger partial charge in [-0.3, -0.25) is 4.98 Å². The van der Waals surface area contributed by atoms with Crippen LogP contribution in [0.1, 0.15) is 25.5 Å². The average Bonchev–Trinajstić information content (AvgIpc) is 2.04. The van der Waals surface area contributed by atoms with E-state index in [0.717, 1.165) is 0 Å². The lowest BCUT2D eigenvalue weighted by Gasteiger charge is -2.27. The Kier molecular flexibility index (Phi) is 3.43. The molecule has 72 valence electrons. The van der Waals surface area contributed by atoms with Crippen molar-refractivity contribution >= 4 is 0 Å². The van der Waals surface area contributed by atoms with Crippen LogP contribution in [0.5, 0.6) is 0 Å². The van der Waals surface area contributed by atoms with Crippen molar-refractivity contribution in [1.82, 2.24) is 9.88 Å². The molecule has 1 aromatic heterocycles. The molecular formula is C11H18N2. The normalized spacial score (nSPS) is 13.7. The van der Waals surface area contributed by atoms with E-state index in [0.29, 0.717) is 12.0 Å². The van der Waals surface area contributed by atoms with Crippen LogP contribution in [0.3, 0.4) is 0 Å². The van der Waals surface area contributed by atoms with Crippen molar-refractivity contribution in [3.63, 3.8) is 0 Å². The molecule has 0 saturated carbocycles. The molecule has 0 bridgehead atoms. The maximum Gasteiger partial charge on any atom is 0.0380 e. The molecule has 0 unspecified atom stereocenters. The molecule has 0 aliphatic rings. The summed E-state index contributed by atoms with van der Waals surface area (Å²) in [5, 5.41) is 0. The van der Waals surface area contributed by atoms with E-state index < -0.39 is 0 Å². The predicted molar refractivity (Wildman–Crippen MR) is 55.5 cm³/mol. The van der Waals surface area contributed by atoms with Crippen LogP contribution >= 0.6 is 0 Å². The summed E-state index contributed by atoms with van der Waals surface area (Å²) in [5.74, 6) is 0.610. The van der Waals surface area contributed by atoms with E-state index in [2.05, 4.69) is 43.9 Å². The Morgan fingerprint density at radius 1 is 1.31 bits per heavy atom. The first kappa shape index (κ1) is 10.2. The molecule has 0 amide bonds. The van der Waals surface area contributed by atoms with Crippen molar-refractivity contribution in [2.24, 2.45) is 5.92 Å². The van der Waals surface area contributed by atoms with Crippen LogP contribution in [0.25, 0.3) is 0 Å². The zero-order chi connectivity index (χ0) is 9.84. The maximum absolute atomic E-state index is 4.14. The summed E-state index contributed by atoms with van der Waals surface area (Å²) in [7, 11) is 4.22. The van der Waals surface area contributed by atoms with Gasteiger partial charge >= 0.3 is 0 Å². The monoisotopic (exact) mass is 178 g/mol. The molecule has 2 heteroatoms. The van der Waals surface area contributed by atoms with E-state index in [1.165, 1.54) is 5.56 Å². The van der Waals surface area contributed by atoms with Crippen LogP contribution in [0.15, 0.2) is 24.5 Å². The number of rotatable bonds is 3. The third-order valence-electron chi connectivity index (χ3n) is 2.21. The summed E-state index contributed by atoms with van der Waals surface area (Å²) in [6.45, 7) is 4.47. The van der Waals surface area contributed by atoms with E-state index >= 15 is 0 Å². The first-order chi connectivity index (χ1) is 6.13. The van der Waals surface area contributed by atoms with Gasteiger partial charge in [0.1, 0.15) is 0 Å². The number of aromatic nitrogens is 1. The van der Waals surface area contributed by atoms with Gasteiger partial charge in [0.15, 0.2) is 0 Å². The van der Waals surface area contributed by atoms with Crippen molar-refractivity contribution in [1.29, 1.82) is 0 Å². The lowest BCUT2D eigenvalue weighted by Crippen LogP contribution is -2.24. The van der Waals surface area contributed by atoms with Crippen molar-refractivity contribution in [2.45, 2.75) is 19.9 Å². The van der Waals surface area contributed by atoms with Gasteiger partial charge in [0.05, 0.1) is 0 Å². The Morgan fingerprint density at radius 3 is 2.38 bits per heavy atom. The van der Waals surface area contributed by atoms with Crippen molar-refractivity contribution in [3.05, 3.63) is 30.1 Å². The first-order valence-electron chi connectivity index (χ1n) is 4.69. The standard InChI is InChI=1S/C11H18N2/c1-9(2)11(13(3)4)10-6-5-7-12-8-10/h5-9,11H,1-4H3/t11-/m1/s1. The van der Waals surface area contributed by atoms with E-state index in [9.17, 15) is 0 Å². The molecule has 1 heterocycles. The minimum Gasteiger partial charge on any atom is -0.302 e. The summed E-state index contributed by atoms with van der Waals surface area (Å²) in [6.07, 6.45) is 3.77. The largest absolute Gasteiger partial charge is 0.302 e. The Balaban J connectivity index is 2.89. The number of hydrogen-bond donors (Lipinski definition) is 0. The Morgan fingerprint density at radius 2 is 2.00 bits per heavy atom. The van der Waals surface area contributed by atoms with Crippen molar-refractivity contribution in [3.8, 4) is 0 Å². The van der Waals surface area contributed by atoms with Gasteiger partial charge in [0, 0.05) is 18.4 Å². The van der Waals surface area contributed by atoms with Crippen LogP contribution in [0.4, 0.5) is 0 Å². The van der Waals surface area contributed by atoms with Gasteiger partial charge in [-0.15, -0.1) is 0 Å². The Bertz CT molecular complexity index is 234. The van der Waals surface area contributed by atoms with Gasteiger partial charge in [-0.1, -0.05) is 19.9 Å². The fourth-order valence-electron chi connectivity index (χ4n) is 1.83. The third kappa shape index (κ3) is 2.52. The van der Waals surface area contributed by atoms with Crippen LogP contribution in [0.2, 0.25) is 0 Å². The van der Waals surface area contributed by atoms with Crippen LogP contribution in [0, 0.1) is 5.92 Å². The van der Waals surface area contributed by atoms with Gasteiger partial charge in [-0.2, -0.15) is 0 Å². The van der Waals surface area contributed by atoms with E-state index in [-0.39, 0.29) is 0 Å². The van der Waals surface area contributed by atoms with Crippen LogP contribution in [-0.4, -0.2) is 24.0 Å². The number of nitrogens with zero attached hydrogens (tertiary/aromatic N) is 2. The minimum absolute atomic E-state index is 0.466. The highest BCUT2D eigenvalue weighted by Gasteiger charge is 2.17. The van der Waals surface area contributed by atoms with Crippen molar-refractivity contribution in [2.75, 3.05) is 14.1 Å². The molecular weight excluding hydrogens is 160 g/mol. The molecule has 0 radical (unpaired) electrons. The van der Waals surface area contributed by atoms with Crippen LogP contribution in [-0.2, 0) is 0 Å². The average molecular weight is 178 g/mol. The molecule has 0 fully saturated rings. The van der Waals surface area contributed by atoms with Gasteiger partial charge in [0.25, 0.3) is 0 Å². The molecule has 0 spiro atoms. The summed E-state index contributed by atoms with van der Waals surface area (Å²) >= 11 is 0. The molecule has 1 rings (SSSR count). The van der Waals surface area contributed by atoms with Crippen molar-refractivity contribution < 1.29 is 0 Å². The predicted octanol–water partition coefficient (Wildman–Crippen LogP) is 2.34. The van der Waals surface area contributed by atoms with Gasteiger partial charge in [0.2, 0.25) is 0 Å². The number of hydrogen-bond acceptors (Lipinski definition) is 2. The molecule has 0 aliphatic heterocycles. The lowest BCUT2D eigenvalue weighted by molar-refractivity contribution is 0.235. The SMILES string of the molecule is CC(C)[C@H](c1cccnc1)N(C)C. The van der Waals surface area contributed by atoms with E-state index in [1.807, 2.05) is 18.5 Å². The fourth-order valence-corrected chi connectivity index (χ4v) is 1.83. The maximum atomic E-state index is 4.14. The first-order valence-corrected chi connectivity index (χ1v) is 4.69. The second-order valence-electron chi connectivity index (χ2n) is 3.94. The van der Waals surface area contributed by atoms with Gasteiger partial charge in [-0.25, -0.2) is 0 Å². The smallest absolute Gasteiger partial charge is 0.0380 e. The molecule has 1 atom stereocenters. The summed E-state index contributed by atoms with van der Waals surface area (Å²) in [5.41, 5.74) is 1.29. The second-order valence-corrected chi connectivity index (χ2v) is 3.94. The minimum atomic E-state index is 0.466. The molecule has 0 aliphatic carbocycles. The number of pyridine rings is 1. The third-order valence-corrected chi connectivity index (χ3v) is 2.21.